The number of aryl methyl sites for hydroxylation is 1. The Morgan fingerprint density at radius 1 is 1.37 bits per heavy atom. The molecule has 0 aliphatic carbocycles. The van der Waals surface area contributed by atoms with Crippen molar-refractivity contribution < 1.29 is 8.42 Å². The second kappa shape index (κ2) is 6.07. The first-order chi connectivity index (χ1) is 8.72. The van der Waals surface area contributed by atoms with Crippen molar-refractivity contribution >= 4 is 10.0 Å². The van der Waals surface area contributed by atoms with E-state index in [-0.39, 0.29) is 0 Å². The molecule has 6 heteroatoms. The molecule has 1 heterocycles. The summed E-state index contributed by atoms with van der Waals surface area (Å²) in [6.07, 6.45) is 3.40. The van der Waals surface area contributed by atoms with E-state index < -0.39 is 15.6 Å². The van der Waals surface area contributed by atoms with Crippen LogP contribution in [0.25, 0.3) is 0 Å². The molecular weight excluding hydrogens is 262 g/mol. The summed E-state index contributed by atoms with van der Waals surface area (Å²) in [5, 5.41) is 3.02. The Kier molecular flexibility index (Phi) is 5.18. The molecular formula is C13H25N3O2S. The lowest BCUT2D eigenvalue weighted by Gasteiger charge is -2.25. The summed E-state index contributed by atoms with van der Waals surface area (Å²) < 4.78 is 29.3. The van der Waals surface area contributed by atoms with E-state index in [9.17, 15) is 8.42 Å². The highest BCUT2D eigenvalue weighted by atomic mass is 32.2. The average molecular weight is 287 g/mol. The van der Waals surface area contributed by atoms with E-state index in [2.05, 4.69) is 10.0 Å². The highest BCUT2D eigenvalue weighted by molar-refractivity contribution is 7.89. The van der Waals surface area contributed by atoms with Gasteiger partial charge >= 0.3 is 0 Å². The van der Waals surface area contributed by atoms with Gasteiger partial charge in [-0.3, -0.25) is 0 Å². The Morgan fingerprint density at radius 3 is 2.53 bits per heavy atom. The monoisotopic (exact) mass is 287 g/mol. The van der Waals surface area contributed by atoms with Crippen LogP contribution in [0.15, 0.2) is 17.2 Å². The Hall–Kier alpha value is -0.850. The fourth-order valence-corrected chi connectivity index (χ4v) is 3.72. The molecule has 0 unspecified atom stereocenters. The van der Waals surface area contributed by atoms with Crippen LogP contribution in [0.3, 0.4) is 0 Å². The van der Waals surface area contributed by atoms with Gasteiger partial charge in [0.05, 0.1) is 4.90 Å². The van der Waals surface area contributed by atoms with E-state index in [0.29, 0.717) is 11.4 Å². The molecule has 0 saturated heterocycles. The molecule has 0 aliphatic heterocycles. The van der Waals surface area contributed by atoms with Crippen molar-refractivity contribution in [3.63, 3.8) is 0 Å². The Bertz CT molecular complexity index is 518. The zero-order valence-electron chi connectivity index (χ0n) is 12.4. The minimum absolute atomic E-state index is 0.324. The highest BCUT2D eigenvalue weighted by Gasteiger charge is 2.26. The van der Waals surface area contributed by atoms with E-state index in [0.717, 1.165) is 18.5 Å². The van der Waals surface area contributed by atoms with Gasteiger partial charge < -0.3 is 9.88 Å². The molecule has 0 bridgehead atoms. The molecule has 0 aromatic carbocycles. The number of hydrogen-bond donors (Lipinski definition) is 2. The van der Waals surface area contributed by atoms with Crippen LogP contribution in [0.2, 0.25) is 0 Å². The van der Waals surface area contributed by atoms with Crippen molar-refractivity contribution in [2.45, 2.75) is 50.6 Å². The Morgan fingerprint density at radius 2 is 2.00 bits per heavy atom. The van der Waals surface area contributed by atoms with Crippen LogP contribution in [0.5, 0.6) is 0 Å². The Labute approximate surface area is 116 Å². The van der Waals surface area contributed by atoms with Crippen molar-refractivity contribution in [3.05, 3.63) is 18.0 Å². The number of aromatic nitrogens is 1. The largest absolute Gasteiger partial charge is 0.352 e. The molecule has 0 spiro atoms. The standard InChI is InChI=1S/C13H25N3O2S/c1-6-7-13(2,3)15-19(17,18)12-8-11(9-14-4)16(5)10-12/h8,10,14-15H,6-7,9H2,1-5H3. The number of rotatable bonds is 7. The molecule has 0 fully saturated rings. The van der Waals surface area contributed by atoms with Gasteiger partial charge in [-0.2, -0.15) is 0 Å². The second-order valence-electron chi connectivity index (χ2n) is 5.55. The van der Waals surface area contributed by atoms with Crippen LogP contribution in [-0.4, -0.2) is 25.6 Å². The first-order valence-electron chi connectivity index (χ1n) is 6.55. The quantitative estimate of drug-likeness (QED) is 0.800. The van der Waals surface area contributed by atoms with Crippen molar-refractivity contribution in [1.82, 2.24) is 14.6 Å². The third-order valence-electron chi connectivity index (χ3n) is 3.04. The van der Waals surface area contributed by atoms with Crippen LogP contribution in [0.4, 0.5) is 0 Å². The molecule has 1 aromatic heterocycles. The van der Waals surface area contributed by atoms with Gasteiger partial charge in [0.15, 0.2) is 0 Å². The first kappa shape index (κ1) is 16.2. The fourth-order valence-electron chi connectivity index (χ4n) is 2.18. The maximum absolute atomic E-state index is 12.3. The second-order valence-corrected chi connectivity index (χ2v) is 7.23. The van der Waals surface area contributed by atoms with Gasteiger partial charge in [0.25, 0.3) is 0 Å². The lowest BCUT2D eigenvalue weighted by atomic mass is 10.0. The average Bonchev–Trinajstić information content (AvgIpc) is 2.60. The summed E-state index contributed by atoms with van der Waals surface area (Å²) >= 11 is 0. The summed E-state index contributed by atoms with van der Waals surface area (Å²) in [6, 6.07) is 1.71. The van der Waals surface area contributed by atoms with Gasteiger partial charge in [-0.15, -0.1) is 0 Å². The third kappa shape index (κ3) is 4.33. The van der Waals surface area contributed by atoms with E-state index in [4.69, 9.17) is 0 Å². The van der Waals surface area contributed by atoms with Gasteiger partial charge in [-0.25, -0.2) is 13.1 Å². The molecule has 1 rings (SSSR count). The van der Waals surface area contributed by atoms with Crippen LogP contribution in [0, 0.1) is 0 Å². The summed E-state index contributed by atoms with van der Waals surface area (Å²) in [7, 11) is 0.228. The summed E-state index contributed by atoms with van der Waals surface area (Å²) in [5.41, 5.74) is 0.517. The van der Waals surface area contributed by atoms with Gasteiger partial charge in [0.2, 0.25) is 10.0 Å². The zero-order chi connectivity index (χ0) is 14.7. The van der Waals surface area contributed by atoms with Crippen LogP contribution in [-0.2, 0) is 23.6 Å². The number of sulfonamides is 1. The van der Waals surface area contributed by atoms with Gasteiger partial charge in [0.1, 0.15) is 0 Å². The van der Waals surface area contributed by atoms with Crippen molar-refractivity contribution in [2.75, 3.05) is 7.05 Å². The smallest absolute Gasteiger partial charge is 0.242 e. The highest BCUT2D eigenvalue weighted by Crippen LogP contribution is 2.18. The number of nitrogens with one attached hydrogen (secondary N) is 2. The topological polar surface area (TPSA) is 63.1 Å². The van der Waals surface area contributed by atoms with Crippen LogP contribution >= 0.6 is 0 Å². The molecule has 0 aliphatic rings. The van der Waals surface area contributed by atoms with Crippen LogP contribution < -0.4 is 10.0 Å². The fraction of sp³-hybridized carbons (Fsp3) is 0.692. The molecule has 19 heavy (non-hydrogen) atoms. The van der Waals surface area contributed by atoms with Gasteiger partial charge in [-0.05, 0) is 33.4 Å². The molecule has 0 radical (unpaired) electrons. The molecule has 5 nitrogen and oxygen atoms in total. The minimum atomic E-state index is -3.46. The van der Waals surface area contributed by atoms with Gasteiger partial charge in [0, 0.05) is 31.0 Å². The predicted molar refractivity (Wildman–Crippen MR) is 77.5 cm³/mol. The lowest BCUT2D eigenvalue weighted by Crippen LogP contribution is -2.43. The molecule has 0 amide bonds. The van der Waals surface area contributed by atoms with E-state index >= 15 is 0 Å². The maximum atomic E-state index is 12.3. The SMILES string of the molecule is CCCC(C)(C)NS(=O)(=O)c1cc(CNC)n(C)c1. The van der Waals surface area contributed by atoms with Crippen LogP contribution in [0.1, 0.15) is 39.3 Å². The van der Waals surface area contributed by atoms with E-state index in [1.165, 1.54) is 0 Å². The zero-order valence-corrected chi connectivity index (χ0v) is 13.3. The molecule has 0 atom stereocenters. The predicted octanol–water partition coefficient (Wildman–Crippen LogP) is 1.60. The van der Waals surface area contributed by atoms with E-state index in [1.807, 2.05) is 39.4 Å². The summed E-state index contributed by atoms with van der Waals surface area (Å²) in [6.45, 7) is 6.50. The number of hydrogen-bond acceptors (Lipinski definition) is 3. The maximum Gasteiger partial charge on any atom is 0.242 e. The van der Waals surface area contributed by atoms with Crippen molar-refractivity contribution in [2.24, 2.45) is 7.05 Å². The molecule has 0 saturated carbocycles. The lowest BCUT2D eigenvalue weighted by molar-refractivity contribution is 0.417. The normalized spacial score (nSPS) is 12.9. The van der Waals surface area contributed by atoms with Crippen molar-refractivity contribution in [3.8, 4) is 0 Å². The van der Waals surface area contributed by atoms with E-state index in [1.54, 1.807) is 12.3 Å². The molecule has 1 aromatic rings. The Balaban J connectivity index is 2.97. The minimum Gasteiger partial charge on any atom is -0.352 e. The summed E-state index contributed by atoms with van der Waals surface area (Å²) in [5.74, 6) is 0. The number of nitrogens with zero attached hydrogens (tertiary/aromatic N) is 1. The molecule has 110 valence electrons. The summed E-state index contributed by atoms with van der Waals surface area (Å²) in [4.78, 5) is 0.324. The molecule has 2 N–H and O–H groups in total. The first-order valence-corrected chi connectivity index (χ1v) is 8.04. The van der Waals surface area contributed by atoms with Crippen molar-refractivity contribution in [1.29, 1.82) is 0 Å². The third-order valence-corrected chi connectivity index (χ3v) is 4.70. The van der Waals surface area contributed by atoms with Gasteiger partial charge in [-0.1, -0.05) is 13.3 Å².